The predicted molar refractivity (Wildman–Crippen MR) is 377 cm³/mol. The highest BCUT2D eigenvalue weighted by atomic mass is 31.2. The molecule has 0 aliphatic carbocycles. The van der Waals surface area contributed by atoms with Crippen LogP contribution in [0.3, 0.4) is 0 Å². The number of phosphoric ester groups is 2. The Morgan fingerprint density at radius 1 is 0.290 bits per heavy atom. The largest absolute Gasteiger partial charge is 0.472 e. The van der Waals surface area contributed by atoms with Gasteiger partial charge in [-0.05, 0) is 37.5 Å². The van der Waals surface area contributed by atoms with E-state index in [9.17, 15) is 43.2 Å². The molecule has 0 spiro atoms. The third-order valence-corrected chi connectivity index (χ3v) is 19.1. The molecule has 0 aromatic carbocycles. The Morgan fingerprint density at radius 2 is 0.495 bits per heavy atom. The van der Waals surface area contributed by atoms with Crippen LogP contribution in [0, 0.1) is 11.8 Å². The van der Waals surface area contributed by atoms with Gasteiger partial charge in [0.2, 0.25) is 0 Å². The summed E-state index contributed by atoms with van der Waals surface area (Å²) < 4.78 is 68.4. The smallest absolute Gasteiger partial charge is 0.462 e. The molecule has 0 aliphatic rings. The Bertz CT molecular complexity index is 1800. The average molecular weight is 1370 g/mol. The molecule has 2 unspecified atom stereocenters. The minimum Gasteiger partial charge on any atom is -0.462 e. The zero-order chi connectivity index (χ0) is 68.6. The summed E-state index contributed by atoms with van der Waals surface area (Å²) in [4.78, 5) is 72.7. The molecular weight excluding hydrogens is 1220 g/mol. The van der Waals surface area contributed by atoms with Gasteiger partial charge in [-0.2, -0.15) is 0 Å². The molecule has 93 heavy (non-hydrogen) atoms. The zero-order valence-electron chi connectivity index (χ0n) is 60.6. The maximum Gasteiger partial charge on any atom is 0.472 e. The highest BCUT2D eigenvalue weighted by molar-refractivity contribution is 7.47. The van der Waals surface area contributed by atoms with Crippen molar-refractivity contribution in [2.24, 2.45) is 11.8 Å². The third-order valence-electron chi connectivity index (χ3n) is 17.2. The number of ether oxygens (including phenoxy) is 4. The van der Waals surface area contributed by atoms with Gasteiger partial charge in [-0.25, -0.2) is 9.13 Å². The SMILES string of the molecule is CCCCCCCCCCCCCCCC(=O)O[C@H](COC(=O)CCCCCCCCCCC)COP(=O)(O)OC[C@H](O)COP(=O)(O)OC[C@@H](COC(=O)CCCCCCCCCCCCCCC(C)C)OC(=O)CCCCCCCCCCCCCCCC(C)C. The van der Waals surface area contributed by atoms with Gasteiger partial charge in [0, 0.05) is 25.7 Å². The maximum absolute atomic E-state index is 13.1. The summed E-state index contributed by atoms with van der Waals surface area (Å²) >= 11 is 0. The monoisotopic (exact) mass is 1370 g/mol. The lowest BCUT2D eigenvalue weighted by Crippen LogP contribution is -2.30. The van der Waals surface area contributed by atoms with E-state index in [1.807, 2.05) is 0 Å². The van der Waals surface area contributed by atoms with Gasteiger partial charge < -0.3 is 33.8 Å². The van der Waals surface area contributed by atoms with Crippen LogP contribution >= 0.6 is 15.6 Å². The Hall–Kier alpha value is -1.94. The number of hydrogen-bond acceptors (Lipinski definition) is 15. The molecule has 0 bridgehead atoms. The summed E-state index contributed by atoms with van der Waals surface area (Å²) in [5.41, 5.74) is 0. The second-order valence-corrected chi connectivity index (χ2v) is 30.5. The number of rotatable bonds is 73. The molecule has 0 aliphatic heterocycles. The Morgan fingerprint density at radius 3 is 0.731 bits per heavy atom. The molecular formula is C74H144O17P2. The van der Waals surface area contributed by atoms with E-state index in [2.05, 4.69) is 41.5 Å². The van der Waals surface area contributed by atoms with Gasteiger partial charge in [-0.1, -0.05) is 330 Å². The molecule has 0 aromatic heterocycles. The van der Waals surface area contributed by atoms with E-state index in [1.165, 1.54) is 199 Å². The molecule has 3 N–H and O–H groups in total. The van der Waals surface area contributed by atoms with Crippen LogP contribution in [0.1, 0.15) is 382 Å². The van der Waals surface area contributed by atoms with Crippen molar-refractivity contribution in [2.45, 2.75) is 400 Å². The fourth-order valence-electron chi connectivity index (χ4n) is 11.3. The van der Waals surface area contributed by atoms with Crippen LogP contribution in [-0.4, -0.2) is 96.7 Å². The number of phosphoric acid groups is 2. The summed E-state index contributed by atoms with van der Waals surface area (Å²) in [6.45, 7) is 9.60. The fraction of sp³-hybridized carbons (Fsp3) is 0.946. The van der Waals surface area contributed by atoms with Gasteiger partial charge in [0.15, 0.2) is 12.2 Å². The van der Waals surface area contributed by atoms with Crippen molar-refractivity contribution in [3.05, 3.63) is 0 Å². The zero-order valence-corrected chi connectivity index (χ0v) is 62.3. The summed E-state index contributed by atoms with van der Waals surface area (Å²) in [7, 11) is -9.91. The van der Waals surface area contributed by atoms with Crippen molar-refractivity contribution in [2.75, 3.05) is 39.6 Å². The normalized spacial score (nSPS) is 14.1. The molecule has 0 saturated carbocycles. The Balaban J connectivity index is 5.24. The van der Waals surface area contributed by atoms with Crippen molar-refractivity contribution < 1.29 is 80.2 Å². The van der Waals surface area contributed by atoms with E-state index in [-0.39, 0.29) is 25.7 Å². The second kappa shape index (κ2) is 66.0. The van der Waals surface area contributed by atoms with Crippen LogP contribution in [0.25, 0.3) is 0 Å². The predicted octanol–water partition coefficient (Wildman–Crippen LogP) is 21.6. The molecule has 0 aromatic rings. The lowest BCUT2D eigenvalue weighted by atomic mass is 10.0. The van der Waals surface area contributed by atoms with Gasteiger partial charge in [-0.3, -0.25) is 37.3 Å². The van der Waals surface area contributed by atoms with Crippen LogP contribution < -0.4 is 0 Å². The van der Waals surface area contributed by atoms with Gasteiger partial charge in [0.1, 0.15) is 19.3 Å². The maximum atomic E-state index is 13.1. The first kappa shape index (κ1) is 91.1. The number of aliphatic hydroxyl groups is 1. The molecule has 0 heterocycles. The third kappa shape index (κ3) is 68.4. The Labute approximate surface area is 568 Å². The molecule has 0 fully saturated rings. The Kier molecular flexibility index (Phi) is 64.6. The summed E-state index contributed by atoms with van der Waals surface area (Å²) in [5, 5.41) is 10.6. The highest BCUT2D eigenvalue weighted by Gasteiger charge is 2.30. The first-order valence-corrected chi connectivity index (χ1v) is 41.5. The van der Waals surface area contributed by atoms with Crippen LogP contribution in [0.2, 0.25) is 0 Å². The number of carbonyl (C=O) groups is 4. The molecule has 552 valence electrons. The summed E-state index contributed by atoms with van der Waals surface area (Å²) in [6.07, 6.45) is 52.6. The molecule has 17 nitrogen and oxygen atoms in total. The van der Waals surface area contributed by atoms with E-state index in [1.54, 1.807) is 0 Å². The molecule has 5 atom stereocenters. The lowest BCUT2D eigenvalue weighted by molar-refractivity contribution is -0.161. The van der Waals surface area contributed by atoms with Crippen molar-refractivity contribution in [1.29, 1.82) is 0 Å². The topological polar surface area (TPSA) is 237 Å². The molecule has 19 heteroatoms. The quantitative estimate of drug-likeness (QED) is 0.0222. The first-order chi connectivity index (χ1) is 44.9. The standard InChI is InChI=1S/C74H144O17P2/c1-7-9-11-13-15-17-18-20-28-34-40-46-52-58-73(78)90-69(62-84-71(76)56-50-44-38-30-16-14-12-10-8-2)64-88-92(80,81)86-60-68(75)61-87-93(82,83)89-65-70(63-85-72(77)57-51-45-39-33-27-24-23-26-32-37-43-49-55-67(5)6)91-74(79)59-53-47-41-35-29-22-19-21-25-31-36-42-48-54-66(3)4/h66-70,75H,7-65H2,1-6H3,(H,80,81)(H,82,83)/t68-,69+,70+/m0/s1. The minimum absolute atomic E-state index is 0.107. The fourth-order valence-corrected chi connectivity index (χ4v) is 12.9. The molecule has 0 radical (unpaired) electrons. The van der Waals surface area contributed by atoms with E-state index in [4.69, 9.17) is 37.0 Å². The van der Waals surface area contributed by atoms with Crippen molar-refractivity contribution >= 4 is 39.5 Å². The van der Waals surface area contributed by atoms with E-state index < -0.39 is 97.5 Å². The van der Waals surface area contributed by atoms with Gasteiger partial charge in [0.25, 0.3) is 0 Å². The van der Waals surface area contributed by atoms with Crippen molar-refractivity contribution in [3.8, 4) is 0 Å². The van der Waals surface area contributed by atoms with E-state index >= 15 is 0 Å². The lowest BCUT2D eigenvalue weighted by Gasteiger charge is -2.21. The number of unbranched alkanes of at least 4 members (excludes halogenated alkanes) is 43. The molecule has 0 amide bonds. The van der Waals surface area contributed by atoms with E-state index in [0.29, 0.717) is 25.7 Å². The van der Waals surface area contributed by atoms with Crippen LogP contribution in [0.4, 0.5) is 0 Å². The number of esters is 4. The van der Waals surface area contributed by atoms with Gasteiger partial charge in [-0.15, -0.1) is 0 Å². The number of aliphatic hydroxyl groups excluding tert-OH is 1. The van der Waals surface area contributed by atoms with Crippen molar-refractivity contribution in [1.82, 2.24) is 0 Å². The highest BCUT2D eigenvalue weighted by Crippen LogP contribution is 2.45. The minimum atomic E-state index is -4.96. The summed E-state index contributed by atoms with van der Waals surface area (Å²) in [6, 6.07) is 0. The average Bonchev–Trinajstić information content (AvgIpc) is 1.66. The van der Waals surface area contributed by atoms with Gasteiger partial charge >= 0.3 is 39.5 Å². The second-order valence-electron chi connectivity index (χ2n) is 27.6. The van der Waals surface area contributed by atoms with E-state index in [0.717, 1.165) is 102 Å². The van der Waals surface area contributed by atoms with Crippen LogP contribution in [-0.2, 0) is 65.4 Å². The molecule has 0 rings (SSSR count). The van der Waals surface area contributed by atoms with Crippen LogP contribution in [0.15, 0.2) is 0 Å². The summed E-state index contributed by atoms with van der Waals surface area (Å²) in [5.74, 6) is -0.549. The first-order valence-electron chi connectivity index (χ1n) is 38.5. The number of carbonyl (C=O) groups excluding carboxylic acids is 4. The number of hydrogen-bond donors (Lipinski definition) is 3. The molecule has 0 saturated heterocycles. The van der Waals surface area contributed by atoms with Crippen LogP contribution in [0.5, 0.6) is 0 Å². The van der Waals surface area contributed by atoms with Gasteiger partial charge in [0.05, 0.1) is 26.4 Å². The van der Waals surface area contributed by atoms with Crippen molar-refractivity contribution in [3.63, 3.8) is 0 Å².